The van der Waals surface area contributed by atoms with Crippen LogP contribution in [0.3, 0.4) is 0 Å². The Labute approximate surface area is 134 Å². The summed E-state index contributed by atoms with van der Waals surface area (Å²) in [6, 6.07) is 4.08. The first-order valence-corrected chi connectivity index (χ1v) is 7.94. The number of urea groups is 1. The molecule has 1 heterocycles. The molecular weight excluding hydrogens is 299 g/mol. The molecule has 1 aromatic rings. The maximum atomic E-state index is 13.8. The highest BCUT2D eigenvalue weighted by Gasteiger charge is 2.54. The summed E-state index contributed by atoms with van der Waals surface area (Å²) in [5.74, 6) is -0.433. The maximum absolute atomic E-state index is 13.8. The number of imide groups is 1. The number of ether oxygens (including phenoxy) is 1. The predicted molar refractivity (Wildman–Crippen MR) is 82.4 cm³/mol. The van der Waals surface area contributed by atoms with E-state index in [1.807, 2.05) is 6.92 Å². The quantitative estimate of drug-likeness (QED) is 0.871. The second-order valence-electron chi connectivity index (χ2n) is 6.41. The summed E-state index contributed by atoms with van der Waals surface area (Å²) in [5.41, 5.74) is -0.215. The third-order valence-electron chi connectivity index (χ3n) is 5.06. The van der Waals surface area contributed by atoms with Gasteiger partial charge in [-0.15, -0.1) is 0 Å². The zero-order valence-corrected chi connectivity index (χ0v) is 13.4. The first-order valence-electron chi connectivity index (χ1n) is 7.94. The summed E-state index contributed by atoms with van der Waals surface area (Å²) in [7, 11) is 1.39. The molecule has 1 aliphatic heterocycles. The Hall–Kier alpha value is -2.11. The summed E-state index contributed by atoms with van der Waals surface area (Å²) in [6.07, 6.45) is 3.61. The molecule has 124 valence electrons. The van der Waals surface area contributed by atoms with E-state index in [1.165, 1.54) is 24.1 Å². The van der Waals surface area contributed by atoms with Crippen LogP contribution in [0, 0.1) is 11.7 Å². The third kappa shape index (κ3) is 2.56. The smallest absolute Gasteiger partial charge is 0.325 e. The van der Waals surface area contributed by atoms with Crippen molar-refractivity contribution in [2.45, 2.75) is 44.7 Å². The standard InChI is InChI=1S/C17H21FN2O3/c1-11-5-3-4-8-17(11)15(21)20(16(22)19-17)10-12-6-7-14(23-2)13(18)9-12/h6-7,9,11H,3-5,8,10H2,1-2H3,(H,19,22)/t11-,17+/m0/s1. The van der Waals surface area contributed by atoms with Crippen molar-refractivity contribution in [1.29, 1.82) is 0 Å². The van der Waals surface area contributed by atoms with Crippen LogP contribution < -0.4 is 10.1 Å². The van der Waals surface area contributed by atoms with Crippen molar-refractivity contribution in [3.8, 4) is 5.75 Å². The fourth-order valence-electron chi connectivity index (χ4n) is 3.63. The van der Waals surface area contributed by atoms with Crippen molar-refractivity contribution in [2.24, 2.45) is 5.92 Å². The number of benzene rings is 1. The molecule has 0 radical (unpaired) electrons. The van der Waals surface area contributed by atoms with Gasteiger partial charge in [-0.1, -0.05) is 25.8 Å². The molecule has 23 heavy (non-hydrogen) atoms. The van der Waals surface area contributed by atoms with Gasteiger partial charge < -0.3 is 10.1 Å². The summed E-state index contributed by atoms with van der Waals surface area (Å²) >= 11 is 0. The lowest BCUT2D eigenvalue weighted by atomic mass is 9.73. The fourth-order valence-corrected chi connectivity index (χ4v) is 3.63. The van der Waals surface area contributed by atoms with Gasteiger partial charge in [0.05, 0.1) is 13.7 Å². The van der Waals surface area contributed by atoms with Gasteiger partial charge in [-0.25, -0.2) is 9.18 Å². The van der Waals surface area contributed by atoms with Gasteiger partial charge in [-0.2, -0.15) is 0 Å². The summed E-state index contributed by atoms with van der Waals surface area (Å²) in [4.78, 5) is 26.3. The summed E-state index contributed by atoms with van der Waals surface area (Å²) in [5, 5.41) is 2.90. The van der Waals surface area contributed by atoms with Crippen molar-refractivity contribution >= 4 is 11.9 Å². The van der Waals surface area contributed by atoms with E-state index in [0.29, 0.717) is 12.0 Å². The number of carbonyl (C=O) groups is 2. The molecule has 1 aliphatic carbocycles. The van der Waals surface area contributed by atoms with E-state index < -0.39 is 11.4 Å². The molecule has 1 saturated heterocycles. The maximum Gasteiger partial charge on any atom is 0.325 e. The molecule has 6 heteroatoms. The third-order valence-corrected chi connectivity index (χ3v) is 5.06. The number of hydrogen-bond donors (Lipinski definition) is 1. The Balaban J connectivity index is 1.82. The number of carbonyl (C=O) groups excluding carboxylic acids is 2. The summed E-state index contributed by atoms with van der Waals surface area (Å²) in [6.45, 7) is 2.08. The molecule has 1 saturated carbocycles. The van der Waals surface area contributed by atoms with Gasteiger partial charge in [0.2, 0.25) is 0 Å². The minimum atomic E-state index is -0.777. The van der Waals surface area contributed by atoms with Crippen LogP contribution in [0.2, 0.25) is 0 Å². The monoisotopic (exact) mass is 320 g/mol. The highest BCUT2D eigenvalue weighted by atomic mass is 19.1. The number of hydrogen-bond acceptors (Lipinski definition) is 3. The average Bonchev–Trinajstić information content (AvgIpc) is 2.76. The van der Waals surface area contributed by atoms with E-state index in [9.17, 15) is 14.0 Å². The number of rotatable bonds is 3. The minimum Gasteiger partial charge on any atom is -0.494 e. The number of methoxy groups -OCH3 is 1. The van der Waals surface area contributed by atoms with Crippen LogP contribution in [0.1, 0.15) is 38.2 Å². The Morgan fingerprint density at radius 1 is 1.39 bits per heavy atom. The first kappa shape index (κ1) is 15.8. The van der Waals surface area contributed by atoms with Gasteiger partial charge in [-0.3, -0.25) is 9.69 Å². The fraction of sp³-hybridized carbons (Fsp3) is 0.529. The lowest BCUT2D eigenvalue weighted by Crippen LogP contribution is -2.53. The van der Waals surface area contributed by atoms with E-state index in [-0.39, 0.29) is 30.2 Å². The van der Waals surface area contributed by atoms with E-state index in [1.54, 1.807) is 6.07 Å². The molecule has 0 unspecified atom stereocenters. The molecule has 2 fully saturated rings. The van der Waals surface area contributed by atoms with Gasteiger partial charge >= 0.3 is 6.03 Å². The molecule has 0 bridgehead atoms. The summed E-state index contributed by atoms with van der Waals surface area (Å²) < 4.78 is 18.7. The van der Waals surface area contributed by atoms with Gasteiger partial charge in [0.25, 0.3) is 5.91 Å². The second kappa shape index (κ2) is 5.83. The molecule has 3 rings (SSSR count). The second-order valence-corrected chi connectivity index (χ2v) is 6.41. The Morgan fingerprint density at radius 3 is 2.83 bits per heavy atom. The highest BCUT2D eigenvalue weighted by molar-refractivity contribution is 6.07. The van der Waals surface area contributed by atoms with Crippen molar-refractivity contribution in [1.82, 2.24) is 10.2 Å². The minimum absolute atomic E-state index is 0.0695. The van der Waals surface area contributed by atoms with Crippen LogP contribution in [0.5, 0.6) is 5.75 Å². The molecule has 1 aromatic carbocycles. The van der Waals surface area contributed by atoms with E-state index in [0.717, 1.165) is 19.3 Å². The number of halogens is 1. The Bertz CT molecular complexity index is 649. The number of nitrogens with one attached hydrogen (secondary N) is 1. The first-order chi connectivity index (χ1) is 11.0. The van der Waals surface area contributed by atoms with Crippen LogP contribution in [0.4, 0.5) is 9.18 Å². The molecule has 1 N–H and O–H groups in total. The van der Waals surface area contributed by atoms with Crippen LogP contribution in [0.25, 0.3) is 0 Å². The molecule has 1 spiro atoms. The molecule has 2 aliphatic rings. The molecule has 3 amide bonds. The van der Waals surface area contributed by atoms with Crippen LogP contribution in [-0.2, 0) is 11.3 Å². The largest absolute Gasteiger partial charge is 0.494 e. The van der Waals surface area contributed by atoms with Crippen LogP contribution in [0.15, 0.2) is 18.2 Å². The van der Waals surface area contributed by atoms with Gasteiger partial charge in [0.1, 0.15) is 5.54 Å². The van der Waals surface area contributed by atoms with Crippen molar-refractivity contribution < 1.29 is 18.7 Å². The number of amides is 3. The zero-order chi connectivity index (χ0) is 16.6. The average molecular weight is 320 g/mol. The Morgan fingerprint density at radius 2 is 2.17 bits per heavy atom. The van der Waals surface area contributed by atoms with Crippen molar-refractivity contribution in [3.05, 3.63) is 29.6 Å². The van der Waals surface area contributed by atoms with Gasteiger partial charge in [-0.05, 0) is 36.5 Å². The topological polar surface area (TPSA) is 58.6 Å². The number of nitrogens with zero attached hydrogens (tertiary/aromatic N) is 1. The van der Waals surface area contributed by atoms with Crippen LogP contribution >= 0.6 is 0 Å². The molecular formula is C17H21FN2O3. The predicted octanol–water partition coefficient (Wildman–Crippen LogP) is 2.84. The zero-order valence-electron chi connectivity index (χ0n) is 13.4. The van der Waals surface area contributed by atoms with E-state index >= 15 is 0 Å². The van der Waals surface area contributed by atoms with E-state index in [4.69, 9.17) is 4.74 Å². The molecule has 2 atom stereocenters. The van der Waals surface area contributed by atoms with E-state index in [2.05, 4.69) is 5.32 Å². The SMILES string of the molecule is COc1ccc(CN2C(=O)N[C@@]3(CCCC[C@@H]3C)C2=O)cc1F. The highest BCUT2D eigenvalue weighted by Crippen LogP contribution is 2.38. The Kier molecular flexibility index (Phi) is 4.00. The van der Waals surface area contributed by atoms with Crippen LogP contribution in [-0.4, -0.2) is 29.5 Å². The van der Waals surface area contributed by atoms with Crippen molar-refractivity contribution in [2.75, 3.05) is 7.11 Å². The normalized spacial score (nSPS) is 27.4. The lowest BCUT2D eigenvalue weighted by molar-refractivity contribution is -0.134. The molecule has 0 aromatic heterocycles. The lowest BCUT2D eigenvalue weighted by Gasteiger charge is -2.36. The van der Waals surface area contributed by atoms with Crippen molar-refractivity contribution in [3.63, 3.8) is 0 Å². The molecule has 5 nitrogen and oxygen atoms in total. The van der Waals surface area contributed by atoms with Gasteiger partial charge in [0, 0.05) is 0 Å². The van der Waals surface area contributed by atoms with Gasteiger partial charge in [0.15, 0.2) is 11.6 Å².